The van der Waals surface area contributed by atoms with Gasteiger partial charge in [0, 0.05) is 6.08 Å². The molecule has 0 radical (unpaired) electrons. The number of ether oxygens (including phenoxy) is 1. The van der Waals surface area contributed by atoms with E-state index in [2.05, 4.69) is 72.8 Å². The first-order valence-electron chi connectivity index (χ1n) is 16.7. The minimum Gasteiger partial charge on any atom is -0.478 e. The molecule has 0 heterocycles. The number of carbonyl (C=O) groups excluding carboxylic acids is 1. The molecule has 0 unspecified atom stereocenters. The number of carboxylic acid groups (broad SMARTS) is 1. The van der Waals surface area contributed by atoms with Gasteiger partial charge in [0.1, 0.15) is 0 Å². The Kier molecular flexibility index (Phi) is 13.3. The van der Waals surface area contributed by atoms with Crippen LogP contribution in [0.25, 0.3) is 33.4 Å². The highest BCUT2D eigenvalue weighted by atomic mass is 16.5. The first kappa shape index (κ1) is 35.1. The highest BCUT2D eigenvalue weighted by Crippen LogP contribution is 2.25. The second kappa shape index (κ2) is 18.9. The molecule has 6 aromatic rings. The molecule has 0 saturated heterocycles. The van der Waals surface area contributed by atoms with Gasteiger partial charge in [-0.15, -0.1) is 0 Å². The van der Waals surface area contributed by atoms with Crippen molar-refractivity contribution in [2.75, 3.05) is 0 Å². The minimum absolute atomic E-state index is 0.456. The monoisotopic (exact) mass is 656 g/mol. The van der Waals surface area contributed by atoms with Gasteiger partial charge in [-0.25, -0.2) is 4.79 Å². The average Bonchev–Trinajstić information content (AvgIpc) is 3.18. The molecular formula is C46H40O4. The van der Waals surface area contributed by atoms with E-state index in [1.807, 2.05) is 97.1 Å². The number of carboxylic acids is 1. The molecule has 0 spiro atoms. The number of carbonyl (C=O) groups is 2. The van der Waals surface area contributed by atoms with Crippen LogP contribution in [0.2, 0.25) is 0 Å². The smallest absolute Gasteiger partial charge is 0.328 e. The second-order valence-electron chi connectivity index (χ2n) is 11.7. The van der Waals surface area contributed by atoms with Gasteiger partial charge >= 0.3 is 5.97 Å². The van der Waals surface area contributed by atoms with Crippen molar-refractivity contribution < 1.29 is 19.4 Å². The second-order valence-corrected chi connectivity index (χ2v) is 11.7. The third-order valence-electron chi connectivity index (χ3n) is 8.34. The van der Waals surface area contributed by atoms with Crippen molar-refractivity contribution >= 4 is 23.6 Å². The van der Waals surface area contributed by atoms with E-state index >= 15 is 0 Å². The molecule has 4 heteroatoms. The van der Waals surface area contributed by atoms with Crippen LogP contribution in [0, 0.1) is 0 Å². The number of benzene rings is 6. The molecule has 50 heavy (non-hydrogen) atoms. The maximum absolute atomic E-state index is 11.1. The molecule has 0 bridgehead atoms. The normalized spacial score (nSPS) is 11.2. The van der Waals surface area contributed by atoms with Crippen LogP contribution in [0.4, 0.5) is 0 Å². The Morgan fingerprint density at radius 2 is 0.840 bits per heavy atom. The molecule has 0 aliphatic heterocycles. The molecule has 0 amide bonds. The number of hydrogen-bond donors (Lipinski definition) is 1. The molecule has 248 valence electrons. The van der Waals surface area contributed by atoms with Gasteiger partial charge in [-0.1, -0.05) is 170 Å². The zero-order valence-electron chi connectivity index (χ0n) is 27.9. The third-order valence-corrected chi connectivity index (χ3v) is 8.34. The molecule has 0 aromatic heterocycles. The number of rotatable bonds is 13. The van der Waals surface area contributed by atoms with Gasteiger partial charge in [-0.05, 0) is 81.3 Å². The molecule has 1 N–H and O–H groups in total. The Bertz CT molecular complexity index is 1960. The maximum atomic E-state index is 11.1. The van der Waals surface area contributed by atoms with Crippen molar-refractivity contribution in [3.8, 4) is 22.3 Å². The molecule has 6 aromatic carbocycles. The van der Waals surface area contributed by atoms with E-state index in [0.29, 0.717) is 12.9 Å². The summed E-state index contributed by atoms with van der Waals surface area (Å²) in [6, 6.07) is 57.4. The number of hydrogen-bond acceptors (Lipinski definition) is 3. The first-order valence-corrected chi connectivity index (χ1v) is 16.7. The summed E-state index contributed by atoms with van der Waals surface area (Å²) in [5.41, 5.74) is 11.2. The van der Waals surface area contributed by atoms with Crippen LogP contribution >= 0.6 is 0 Å². The van der Waals surface area contributed by atoms with Crippen LogP contribution in [0.5, 0.6) is 0 Å². The molecule has 0 aliphatic rings. The standard InChI is InChI=1S/2C23H20O2/c24-18-25-17-23(21-9-5-2-6-10-21)16-13-19-11-14-22(15-12-19)20-7-3-1-4-8-20;24-23(25)17-22(20-9-5-2-6-10-20)16-13-18-11-14-21(15-12-18)19-7-3-1-4-8-19/h1-12,14-15,17-18H,13,16H2;1-12,14-15,17H,13,16H2,(H,24,25)/b23-17+;22-17-. The average molecular weight is 657 g/mol. The zero-order valence-corrected chi connectivity index (χ0v) is 27.9. The number of aryl methyl sites for hydroxylation is 2. The summed E-state index contributed by atoms with van der Waals surface area (Å²) in [5.74, 6) is -0.904. The highest BCUT2D eigenvalue weighted by molar-refractivity contribution is 5.90. The van der Waals surface area contributed by atoms with Crippen LogP contribution in [0.1, 0.15) is 35.1 Å². The fourth-order valence-electron chi connectivity index (χ4n) is 5.68. The van der Waals surface area contributed by atoms with Crippen LogP contribution in [0.3, 0.4) is 0 Å². The van der Waals surface area contributed by atoms with E-state index < -0.39 is 5.97 Å². The van der Waals surface area contributed by atoms with Gasteiger partial charge in [0.15, 0.2) is 0 Å². The number of aliphatic carboxylic acids is 1. The SMILES string of the molecule is O=C(O)/C=C(/CCc1ccc(-c2ccccc2)cc1)c1ccccc1.O=CO/C=C(\CCc1ccc(-c2ccccc2)cc1)c1ccccc1. The summed E-state index contributed by atoms with van der Waals surface area (Å²) in [7, 11) is 0. The lowest BCUT2D eigenvalue weighted by Crippen LogP contribution is -1.95. The molecule has 4 nitrogen and oxygen atoms in total. The Morgan fingerprint density at radius 3 is 1.24 bits per heavy atom. The van der Waals surface area contributed by atoms with Crippen LogP contribution in [-0.4, -0.2) is 17.5 Å². The Morgan fingerprint density at radius 1 is 0.480 bits per heavy atom. The van der Waals surface area contributed by atoms with Crippen molar-refractivity contribution in [3.63, 3.8) is 0 Å². The van der Waals surface area contributed by atoms with E-state index in [9.17, 15) is 9.59 Å². The van der Waals surface area contributed by atoms with E-state index in [0.717, 1.165) is 41.5 Å². The van der Waals surface area contributed by atoms with Crippen LogP contribution in [0.15, 0.2) is 182 Å². The number of allylic oxidation sites excluding steroid dienone is 2. The lowest BCUT2D eigenvalue weighted by molar-refractivity contribution is -0.131. The van der Waals surface area contributed by atoms with Gasteiger partial charge < -0.3 is 9.84 Å². The van der Waals surface area contributed by atoms with Gasteiger partial charge in [-0.2, -0.15) is 0 Å². The van der Waals surface area contributed by atoms with E-state index in [1.54, 1.807) is 6.26 Å². The molecule has 0 fully saturated rings. The summed E-state index contributed by atoms with van der Waals surface area (Å²) in [6.45, 7) is 0.456. The predicted molar refractivity (Wildman–Crippen MR) is 204 cm³/mol. The zero-order chi connectivity index (χ0) is 34.8. The molecular weight excluding hydrogens is 617 g/mol. The maximum Gasteiger partial charge on any atom is 0.328 e. The Hall–Kier alpha value is -6.26. The van der Waals surface area contributed by atoms with Crippen molar-refractivity contribution in [1.82, 2.24) is 0 Å². The van der Waals surface area contributed by atoms with E-state index in [1.165, 1.54) is 39.5 Å². The van der Waals surface area contributed by atoms with Crippen molar-refractivity contribution in [3.05, 3.63) is 204 Å². The highest BCUT2D eigenvalue weighted by Gasteiger charge is 2.07. The lowest BCUT2D eigenvalue weighted by atomic mass is 9.96. The topological polar surface area (TPSA) is 63.6 Å². The summed E-state index contributed by atoms with van der Waals surface area (Å²) < 4.78 is 4.87. The summed E-state index contributed by atoms with van der Waals surface area (Å²) in [4.78, 5) is 21.6. The van der Waals surface area contributed by atoms with Crippen molar-refractivity contribution in [2.24, 2.45) is 0 Å². The van der Waals surface area contributed by atoms with Gasteiger partial charge in [0.25, 0.3) is 6.47 Å². The molecule has 0 saturated carbocycles. The third kappa shape index (κ3) is 10.9. The molecule has 0 aliphatic carbocycles. The summed E-state index contributed by atoms with van der Waals surface area (Å²) in [5, 5.41) is 9.13. The van der Waals surface area contributed by atoms with Crippen molar-refractivity contribution in [1.29, 1.82) is 0 Å². The summed E-state index contributed by atoms with van der Waals surface area (Å²) >= 11 is 0. The van der Waals surface area contributed by atoms with E-state index in [-0.39, 0.29) is 0 Å². The summed E-state index contributed by atoms with van der Waals surface area (Å²) in [6.07, 6.45) is 6.05. The largest absolute Gasteiger partial charge is 0.478 e. The van der Waals surface area contributed by atoms with Crippen molar-refractivity contribution in [2.45, 2.75) is 25.7 Å². The van der Waals surface area contributed by atoms with Gasteiger partial charge in [-0.3, -0.25) is 4.79 Å². The Balaban J connectivity index is 0.000000194. The Labute approximate surface area is 294 Å². The van der Waals surface area contributed by atoms with E-state index in [4.69, 9.17) is 9.84 Å². The van der Waals surface area contributed by atoms with Gasteiger partial charge in [0.05, 0.1) is 6.26 Å². The molecule has 0 atom stereocenters. The quantitative estimate of drug-likeness (QED) is 0.0763. The fraction of sp³-hybridized carbons (Fsp3) is 0.0870. The molecule has 6 rings (SSSR count). The lowest BCUT2D eigenvalue weighted by Gasteiger charge is -2.08. The minimum atomic E-state index is -0.904. The first-order chi connectivity index (χ1) is 24.6. The van der Waals surface area contributed by atoms with Crippen LogP contribution < -0.4 is 0 Å². The fourth-order valence-corrected chi connectivity index (χ4v) is 5.68. The van der Waals surface area contributed by atoms with Crippen LogP contribution in [-0.2, 0) is 27.2 Å². The van der Waals surface area contributed by atoms with Gasteiger partial charge in [0.2, 0.25) is 0 Å². The predicted octanol–water partition coefficient (Wildman–Crippen LogP) is 11.0.